The molecular formula is C15H24N2. The van der Waals surface area contributed by atoms with Crippen molar-refractivity contribution in [2.45, 2.75) is 45.7 Å². The third-order valence-electron chi connectivity index (χ3n) is 3.60. The predicted molar refractivity (Wildman–Crippen MR) is 74.7 cm³/mol. The van der Waals surface area contributed by atoms with Gasteiger partial charge in [-0.1, -0.05) is 12.1 Å². The van der Waals surface area contributed by atoms with Gasteiger partial charge in [0.2, 0.25) is 0 Å². The van der Waals surface area contributed by atoms with Crippen LogP contribution in [0.15, 0.2) is 24.3 Å². The summed E-state index contributed by atoms with van der Waals surface area (Å²) >= 11 is 0. The van der Waals surface area contributed by atoms with Gasteiger partial charge in [0.15, 0.2) is 0 Å². The summed E-state index contributed by atoms with van der Waals surface area (Å²) in [5, 5.41) is 3.64. The van der Waals surface area contributed by atoms with Gasteiger partial charge in [0, 0.05) is 30.9 Å². The van der Waals surface area contributed by atoms with Crippen molar-refractivity contribution in [2.75, 3.05) is 18.0 Å². The van der Waals surface area contributed by atoms with Crippen LogP contribution in [-0.4, -0.2) is 25.2 Å². The molecule has 1 heterocycles. The normalized spacial score (nSPS) is 26.4. The zero-order chi connectivity index (χ0) is 12.3. The van der Waals surface area contributed by atoms with Gasteiger partial charge < -0.3 is 10.2 Å². The molecule has 2 nitrogen and oxygen atoms in total. The van der Waals surface area contributed by atoms with Gasteiger partial charge in [0.25, 0.3) is 0 Å². The molecule has 0 bridgehead atoms. The van der Waals surface area contributed by atoms with Gasteiger partial charge in [-0.3, -0.25) is 0 Å². The van der Waals surface area contributed by atoms with Crippen molar-refractivity contribution in [3.63, 3.8) is 0 Å². The number of nitrogens with one attached hydrogen (secondary N) is 1. The summed E-state index contributed by atoms with van der Waals surface area (Å²) in [6.45, 7) is 9.06. The highest BCUT2D eigenvalue weighted by atomic mass is 15.1. The molecule has 94 valence electrons. The summed E-state index contributed by atoms with van der Waals surface area (Å²) in [6.07, 6.45) is 2.44. The molecule has 0 saturated carbocycles. The van der Waals surface area contributed by atoms with Gasteiger partial charge in [-0.15, -0.1) is 0 Å². The van der Waals surface area contributed by atoms with Crippen LogP contribution in [0.5, 0.6) is 0 Å². The second-order valence-electron chi connectivity index (χ2n) is 5.37. The Morgan fingerprint density at radius 3 is 2.35 bits per heavy atom. The van der Waals surface area contributed by atoms with Crippen LogP contribution in [0.25, 0.3) is 0 Å². The molecule has 0 aliphatic carbocycles. The van der Waals surface area contributed by atoms with Crippen LogP contribution in [0.2, 0.25) is 0 Å². The first-order chi connectivity index (χ1) is 8.15. The van der Waals surface area contributed by atoms with Crippen LogP contribution in [0.3, 0.4) is 0 Å². The van der Waals surface area contributed by atoms with E-state index < -0.39 is 0 Å². The van der Waals surface area contributed by atoms with Crippen LogP contribution in [0.4, 0.5) is 5.69 Å². The zero-order valence-corrected chi connectivity index (χ0v) is 11.2. The number of benzene rings is 1. The molecule has 1 fully saturated rings. The van der Waals surface area contributed by atoms with Crippen molar-refractivity contribution in [2.24, 2.45) is 0 Å². The SMILES string of the molecule is Cc1cccc(N2CCC(C)NC(C)CC2)c1. The van der Waals surface area contributed by atoms with Crippen LogP contribution >= 0.6 is 0 Å². The summed E-state index contributed by atoms with van der Waals surface area (Å²) in [5.74, 6) is 0. The summed E-state index contributed by atoms with van der Waals surface area (Å²) in [6, 6.07) is 10.1. The Labute approximate surface area is 105 Å². The molecule has 2 unspecified atom stereocenters. The van der Waals surface area contributed by atoms with E-state index in [2.05, 4.69) is 55.3 Å². The Kier molecular flexibility index (Phi) is 4.06. The fraction of sp³-hybridized carbons (Fsp3) is 0.600. The molecule has 17 heavy (non-hydrogen) atoms. The van der Waals surface area contributed by atoms with Gasteiger partial charge in [0.1, 0.15) is 0 Å². The van der Waals surface area contributed by atoms with E-state index in [-0.39, 0.29) is 0 Å². The Morgan fingerprint density at radius 1 is 1.12 bits per heavy atom. The lowest BCUT2D eigenvalue weighted by molar-refractivity contribution is 0.404. The molecule has 0 radical (unpaired) electrons. The second kappa shape index (κ2) is 5.54. The van der Waals surface area contributed by atoms with E-state index >= 15 is 0 Å². The minimum atomic E-state index is 0.623. The average Bonchev–Trinajstić information content (AvgIpc) is 2.26. The number of aryl methyl sites for hydroxylation is 1. The van der Waals surface area contributed by atoms with Gasteiger partial charge in [-0.25, -0.2) is 0 Å². The molecule has 1 aliphatic heterocycles. The first kappa shape index (κ1) is 12.4. The van der Waals surface area contributed by atoms with Crippen LogP contribution < -0.4 is 10.2 Å². The van der Waals surface area contributed by atoms with Crippen molar-refractivity contribution < 1.29 is 0 Å². The maximum absolute atomic E-state index is 3.64. The summed E-state index contributed by atoms with van der Waals surface area (Å²) in [7, 11) is 0. The quantitative estimate of drug-likeness (QED) is 0.801. The molecule has 1 saturated heterocycles. The molecule has 2 rings (SSSR count). The van der Waals surface area contributed by atoms with Crippen LogP contribution in [0, 0.1) is 6.92 Å². The summed E-state index contributed by atoms with van der Waals surface area (Å²) in [5.41, 5.74) is 2.73. The zero-order valence-electron chi connectivity index (χ0n) is 11.2. The van der Waals surface area contributed by atoms with E-state index in [4.69, 9.17) is 0 Å². The highest BCUT2D eigenvalue weighted by Gasteiger charge is 2.15. The fourth-order valence-corrected chi connectivity index (χ4v) is 2.55. The Hall–Kier alpha value is -1.02. The molecule has 1 aliphatic rings. The lowest BCUT2D eigenvalue weighted by atomic mass is 10.1. The molecule has 0 spiro atoms. The molecule has 2 heteroatoms. The topological polar surface area (TPSA) is 15.3 Å². The lowest BCUT2D eigenvalue weighted by Crippen LogP contribution is -2.43. The number of rotatable bonds is 1. The first-order valence-electron chi connectivity index (χ1n) is 6.73. The van der Waals surface area contributed by atoms with E-state index in [9.17, 15) is 0 Å². The molecular weight excluding hydrogens is 208 g/mol. The number of anilines is 1. The smallest absolute Gasteiger partial charge is 0.0368 e. The number of hydrogen-bond donors (Lipinski definition) is 1. The Balaban J connectivity index is 2.09. The number of nitrogens with zero attached hydrogens (tertiary/aromatic N) is 1. The van der Waals surface area contributed by atoms with Gasteiger partial charge in [0.05, 0.1) is 0 Å². The van der Waals surface area contributed by atoms with E-state index in [0.29, 0.717) is 12.1 Å². The molecule has 1 aromatic carbocycles. The van der Waals surface area contributed by atoms with Crippen LogP contribution in [0.1, 0.15) is 32.3 Å². The van der Waals surface area contributed by atoms with E-state index in [1.807, 2.05) is 0 Å². The fourth-order valence-electron chi connectivity index (χ4n) is 2.55. The monoisotopic (exact) mass is 232 g/mol. The molecule has 0 aromatic heterocycles. The van der Waals surface area contributed by atoms with E-state index in [1.165, 1.54) is 24.1 Å². The van der Waals surface area contributed by atoms with Crippen molar-refractivity contribution in [1.82, 2.24) is 5.32 Å². The van der Waals surface area contributed by atoms with Crippen molar-refractivity contribution in [1.29, 1.82) is 0 Å². The lowest BCUT2D eigenvalue weighted by Gasteiger charge is -2.32. The average molecular weight is 232 g/mol. The summed E-state index contributed by atoms with van der Waals surface area (Å²) in [4.78, 5) is 2.53. The van der Waals surface area contributed by atoms with Crippen LogP contribution in [-0.2, 0) is 0 Å². The van der Waals surface area contributed by atoms with Gasteiger partial charge in [-0.2, -0.15) is 0 Å². The third kappa shape index (κ3) is 3.47. The summed E-state index contributed by atoms with van der Waals surface area (Å²) < 4.78 is 0. The van der Waals surface area contributed by atoms with Crippen molar-refractivity contribution in [3.05, 3.63) is 29.8 Å². The Morgan fingerprint density at radius 2 is 1.76 bits per heavy atom. The maximum Gasteiger partial charge on any atom is 0.0368 e. The van der Waals surface area contributed by atoms with E-state index in [1.54, 1.807) is 0 Å². The largest absolute Gasteiger partial charge is 0.371 e. The van der Waals surface area contributed by atoms with Crippen molar-refractivity contribution >= 4 is 5.69 Å². The Bertz CT molecular complexity index is 350. The molecule has 1 N–H and O–H groups in total. The van der Waals surface area contributed by atoms with Gasteiger partial charge in [-0.05, 0) is 51.3 Å². The molecule has 2 atom stereocenters. The van der Waals surface area contributed by atoms with E-state index in [0.717, 1.165) is 13.1 Å². The molecule has 0 amide bonds. The maximum atomic E-state index is 3.64. The van der Waals surface area contributed by atoms with Gasteiger partial charge >= 0.3 is 0 Å². The third-order valence-corrected chi connectivity index (χ3v) is 3.60. The first-order valence-corrected chi connectivity index (χ1v) is 6.73. The minimum Gasteiger partial charge on any atom is -0.371 e. The predicted octanol–water partition coefficient (Wildman–Crippen LogP) is 2.96. The highest BCUT2D eigenvalue weighted by Crippen LogP contribution is 2.18. The van der Waals surface area contributed by atoms with Crippen molar-refractivity contribution in [3.8, 4) is 0 Å². The minimum absolute atomic E-state index is 0.623. The molecule has 1 aromatic rings. The highest BCUT2D eigenvalue weighted by molar-refractivity contribution is 5.48. The standard InChI is InChI=1S/C15H24N2/c1-12-5-4-6-15(11-12)17-9-7-13(2)16-14(3)8-10-17/h4-6,11,13-14,16H,7-10H2,1-3H3. The second-order valence-corrected chi connectivity index (χ2v) is 5.37. The number of hydrogen-bond acceptors (Lipinski definition) is 2.